The zero-order chi connectivity index (χ0) is 4.99. The van der Waals surface area contributed by atoms with Crippen molar-refractivity contribution in [2.75, 3.05) is 6.07 Å². The Morgan fingerprint density at radius 3 is 2.29 bits per heavy atom. The van der Waals surface area contributed by atoms with Crippen LogP contribution >= 0.6 is 24.0 Å². The summed E-state index contributed by atoms with van der Waals surface area (Å²) in [7, 11) is 0. The number of carboxylic acid groups (broad SMARTS) is 1. The van der Waals surface area contributed by atoms with Gasteiger partial charge in [0.15, 0.2) is 6.07 Å². The monoisotopic (exact) mass is 146 g/mol. The second kappa shape index (κ2) is 5.85. The number of ether oxygens (including phenoxy) is 1. The van der Waals surface area contributed by atoms with Crippen molar-refractivity contribution in [1.29, 1.82) is 0 Å². The van der Waals surface area contributed by atoms with Crippen molar-refractivity contribution in [3.63, 3.8) is 0 Å². The van der Waals surface area contributed by atoms with Crippen molar-refractivity contribution in [2.24, 2.45) is 0 Å². The van der Waals surface area contributed by atoms with Crippen LogP contribution in [0.2, 0.25) is 0 Å². The maximum atomic E-state index is 9.29. The van der Waals surface area contributed by atoms with Gasteiger partial charge in [-0.15, -0.1) is 12.4 Å². The first-order valence-corrected chi connectivity index (χ1v) is 1.72. The minimum absolute atomic E-state index is 0. The van der Waals surface area contributed by atoms with E-state index >= 15 is 0 Å². The molecule has 0 atom stereocenters. The van der Waals surface area contributed by atoms with Gasteiger partial charge in [0, 0.05) is 0 Å². The third kappa shape index (κ3) is 10.7. The van der Waals surface area contributed by atoms with Crippen LogP contribution in [0.3, 0.4) is 0 Å². The van der Waals surface area contributed by atoms with Crippen LogP contribution in [-0.4, -0.2) is 17.3 Å². The second-order valence-electron chi connectivity index (χ2n) is 0.519. The van der Waals surface area contributed by atoms with Gasteiger partial charge < -0.3 is 9.84 Å². The lowest BCUT2D eigenvalue weighted by molar-refractivity contribution is 0.107. The molecule has 0 saturated carbocycles. The third-order valence-electron chi connectivity index (χ3n) is 0.178. The SMILES string of the molecule is Cl.O=C(O)OCCl. The number of halogens is 2. The Morgan fingerprint density at radius 1 is 1.86 bits per heavy atom. The first-order valence-electron chi connectivity index (χ1n) is 1.19. The number of carbonyl (C=O) groups is 1. The van der Waals surface area contributed by atoms with Crippen molar-refractivity contribution in [2.45, 2.75) is 0 Å². The van der Waals surface area contributed by atoms with Gasteiger partial charge in [-0.2, -0.15) is 0 Å². The summed E-state index contributed by atoms with van der Waals surface area (Å²) in [6.45, 7) is 0. The quantitative estimate of drug-likeness (QED) is 0.449. The number of rotatable bonds is 1. The lowest BCUT2D eigenvalue weighted by Crippen LogP contribution is -1.95. The minimum atomic E-state index is -1.34. The Hall–Kier alpha value is -0.150. The highest BCUT2D eigenvalue weighted by Gasteiger charge is 1.87. The van der Waals surface area contributed by atoms with Gasteiger partial charge >= 0.3 is 6.16 Å². The van der Waals surface area contributed by atoms with Crippen LogP contribution in [0.25, 0.3) is 0 Å². The van der Waals surface area contributed by atoms with Crippen molar-refractivity contribution in [3.8, 4) is 0 Å². The molecule has 0 aromatic heterocycles. The molecule has 0 bridgehead atoms. The van der Waals surface area contributed by atoms with E-state index in [4.69, 9.17) is 16.7 Å². The molecule has 0 amide bonds. The van der Waals surface area contributed by atoms with Gasteiger partial charge in [0.25, 0.3) is 0 Å². The van der Waals surface area contributed by atoms with Crippen molar-refractivity contribution in [3.05, 3.63) is 0 Å². The molecule has 0 radical (unpaired) electrons. The molecule has 5 heteroatoms. The molecule has 3 nitrogen and oxygen atoms in total. The van der Waals surface area contributed by atoms with E-state index in [1.165, 1.54) is 0 Å². The summed E-state index contributed by atoms with van der Waals surface area (Å²) in [5.74, 6) is 0. The lowest BCUT2D eigenvalue weighted by Gasteiger charge is -1.85. The van der Waals surface area contributed by atoms with Crippen LogP contribution in [0.4, 0.5) is 4.79 Å². The van der Waals surface area contributed by atoms with Crippen LogP contribution in [0, 0.1) is 0 Å². The molecule has 0 aliphatic carbocycles. The molecule has 0 aliphatic heterocycles. The van der Waals surface area contributed by atoms with Crippen molar-refractivity contribution >= 4 is 30.2 Å². The number of hydrogen-bond acceptors (Lipinski definition) is 2. The Balaban J connectivity index is 0. The molecule has 0 heterocycles. The molecule has 0 spiro atoms. The molecule has 0 aromatic carbocycles. The van der Waals surface area contributed by atoms with Crippen LogP contribution in [0.1, 0.15) is 0 Å². The first-order chi connectivity index (χ1) is 2.77. The average Bonchev–Trinajstić information content (AvgIpc) is 1.35. The maximum absolute atomic E-state index is 9.29. The third-order valence-corrected chi connectivity index (χ3v) is 0.287. The zero-order valence-corrected chi connectivity index (χ0v) is 4.83. The van der Waals surface area contributed by atoms with Gasteiger partial charge in [0.1, 0.15) is 0 Å². The molecular weight excluding hydrogens is 143 g/mol. The zero-order valence-electron chi connectivity index (χ0n) is 3.26. The van der Waals surface area contributed by atoms with E-state index in [1.807, 2.05) is 0 Å². The molecule has 0 saturated heterocycles. The molecule has 0 unspecified atom stereocenters. The number of alkyl halides is 1. The van der Waals surface area contributed by atoms with Gasteiger partial charge in [0.2, 0.25) is 0 Å². The minimum Gasteiger partial charge on any atom is -0.450 e. The largest absolute Gasteiger partial charge is 0.506 e. The summed E-state index contributed by atoms with van der Waals surface area (Å²) in [5.41, 5.74) is 0. The molecule has 0 fully saturated rings. The Kier molecular flexibility index (Phi) is 8.33. The Labute approximate surface area is 51.6 Å². The fraction of sp³-hybridized carbons (Fsp3) is 0.500. The van der Waals surface area contributed by atoms with E-state index in [2.05, 4.69) is 4.74 Å². The average molecular weight is 147 g/mol. The summed E-state index contributed by atoms with van der Waals surface area (Å²) in [6, 6.07) is -0.296. The summed E-state index contributed by atoms with van der Waals surface area (Å²) in [5, 5.41) is 7.61. The van der Waals surface area contributed by atoms with E-state index in [-0.39, 0.29) is 18.5 Å². The van der Waals surface area contributed by atoms with E-state index < -0.39 is 6.16 Å². The topological polar surface area (TPSA) is 46.5 Å². The highest BCUT2D eigenvalue weighted by Crippen LogP contribution is 1.76. The molecule has 7 heavy (non-hydrogen) atoms. The highest BCUT2D eigenvalue weighted by molar-refractivity contribution is 6.17. The Bertz CT molecular complexity index is 54.9. The molecule has 44 valence electrons. The van der Waals surface area contributed by atoms with Crippen molar-refractivity contribution in [1.82, 2.24) is 0 Å². The molecule has 1 N–H and O–H groups in total. The molecular formula is C2H4Cl2O3. The second-order valence-corrected chi connectivity index (χ2v) is 0.738. The van der Waals surface area contributed by atoms with E-state index in [0.717, 1.165) is 0 Å². The summed E-state index contributed by atoms with van der Waals surface area (Å²) < 4.78 is 3.72. The fourth-order valence-electron chi connectivity index (χ4n) is 0.0467. The number of hydrogen-bond donors (Lipinski definition) is 1. The van der Waals surface area contributed by atoms with Crippen LogP contribution in [-0.2, 0) is 4.74 Å². The van der Waals surface area contributed by atoms with E-state index in [1.54, 1.807) is 0 Å². The molecule has 0 aromatic rings. The summed E-state index contributed by atoms with van der Waals surface area (Å²) in [4.78, 5) is 9.29. The Morgan fingerprint density at radius 2 is 2.29 bits per heavy atom. The van der Waals surface area contributed by atoms with Gasteiger partial charge in [-0.05, 0) is 0 Å². The lowest BCUT2D eigenvalue weighted by atomic mass is 11.4. The normalized spacial score (nSPS) is 6.43. The van der Waals surface area contributed by atoms with E-state index in [9.17, 15) is 4.79 Å². The van der Waals surface area contributed by atoms with Crippen LogP contribution < -0.4 is 0 Å². The molecule has 0 aliphatic rings. The smallest absolute Gasteiger partial charge is 0.450 e. The van der Waals surface area contributed by atoms with Gasteiger partial charge in [-0.1, -0.05) is 11.6 Å². The molecule has 0 rings (SSSR count). The van der Waals surface area contributed by atoms with Crippen molar-refractivity contribution < 1.29 is 14.6 Å². The van der Waals surface area contributed by atoms with Gasteiger partial charge in [-0.25, -0.2) is 4.79 Å². The standard InChI is InChI=1S/C2H3ClO3.ClH/c3-1-6-2(4)5;/h1H2,(H,4,5);1H. The summed E-state index contributed by atoms with van der Waals surface area (Å²) in [6.07, 6.45) is -1.34. The maximum Gasteiger partial charge on any atom is 0.506 e. The predicted octanol–water partition coefficient (Wildman–Crippen LogP) is 1.30. The summed E-state index contributed by atoms with van der Waals surface area (Å²) >= 11 is 4.79. The van der Waals surface area contributed by atoms with Gasteiger partial charge in [0.05, 0.1) is 0 Å². The van der Waals surface area contributed by atoms with Crippen LogP contribution in [0.5, 0.6) is 0 Å². The van der Waals surface area contributed by atoms with Gasteiger partial charge in [-0.3, -0.25) is 0 Å². The first kappa shape index (κ1) is 9.97. The fourth-order valence-corrected chi connectivity index (χ4v) is 0.140. The highest BCUT2D eigenvalue weighted by atomic mass is 35.5. The van der Waals surface area contributed by atoms with E-state index in [0.29, 0.717) is 0 Å². The van der Waals surface area contributed by atoms with Crippen LogP contribution in [0.15, 0.2) is 0 Å². The predicted molar refractivity (Wildman–Crippen MR) is 27.1 cm³/mol.